The maximum Gasteiger partial charge on any atom is 0.273 e. The molecule has 2 rings (SSSR count). The number of nitro benzene ring substituents is 1. The van der Waals surface area contributed by atoms with Gasteiger partial charge in [0.2, 0.25) is 4.38 Å². The SMILES string of the molecule is Cc1ccc(OC(=S)SCc2ccccc2[N+](=O)[O-])cc1. The molecule has 0 radical (unpaired) electrons. The van der Waals surface area contributed by atoms with Crippen molar-refractivity contribution in [2.24, 2.45) is 0 Å². The molecule has 2 aromatic rings. The van der Waals surface area contributed by atoms with Gasteiger partial charge in [-0.25, -0.2) is 0 Å². The van der Waals surface area contributed by atoms with Crippen molar-refractivity contribution in [3.8, 4) is 5.75 Å². The lowest BCUT2D eigenvalue weighted by Crippen LogP contribution is -2.01. The molecule has 0 atom stereocenters. The summed E-state index contributed by atoms with van der Waals surface area (Å²) in [6.45, 7) is 1.99. The number of nitrogens with zero attached hydrogens (tertiary/aromatic N) is 1. The average Bonchev–Trinajstić information content (AvgIpc) is 2.48. The van der Waals surface area contributed by atoms with Crippen LogP contribution in [0.4, 0.5) is 5.69 Å². The molecular formula is C15H13NO3S2. The first-order valence-corrected chi connectivity index (χ1v) is 7.59. The summed E-state index contributed by atoms with van der Waals surface area (Å²) in [6.07, 6.45) is 0. The van der Waals surface area contributed by atoms with Crippen LogP contribution in [-0.2, 0) is 5.75 Å². The van der Waals surface area contributed by atoms with Crippen LogP contribution in [0.5, 0.6) is 5.75 Å². The average molecular weight is 319 g/mol. The lowest BCUT2D eigenvalue weighted by atomic mass is 10.2. The minimum Gasteiger partial charge on any atom is -0.440 e. The number of rotatable bonds is 4. The van der Waals surface area contributed by atoms with E-state index in [1.165, 1.54) is 17.8 Å². The standard InChI is InChI=1S/C15H13NO3S2/c1-11-6-8-13(9-7-11)19-15(20)21-10-12-4-2-3-5-14(12)16(17)18/h2-9H,10H2,1H3. The number of aryl methyl sites for hydroxylation is 1. The van der Waals surface area contributed by atoms with E-state index >= 15 is 0 Å². The van der Waals surface area contributed by atoms with Gasteiger partial charge in [-0.15, -0.1) is 0 Å². The Hall–Kier alpha value is -1.92. The largest absolute Gasteiger partial charge is 0.440 e. The van der Waals surface area contributed by atoms with Gasteiger partial charge in [0.15, 0.2) is 0 Å². The molecule has 0 aliphatic rings. The zero-order valence-corrected chi connectivity index (χ0v) is 12.9. The Morgan fingerprint density at radius 3 is 2.57 bits per heavy atom. The van der Waals surface area contributed by atoms with Gasteiger partial charge in [-0.05, 0) is 31.3 Å². The van der Waals surface area contributed by atoms with E-state index < -0.39 is 0 Å². The second-order valence-corrected chi connectivity index (χ2v) is 5.92. The van der Waals surface area contributed by atoms with E-state index in [0.29, 0.717) is 21.4 Å². The molecule has 4 nitrogen and oxygen atoms in total. The van der Waals surface area contributed by atoms with Crippen LogP contribution < -0.4 is 4.74 Å². The third-order valence-corrected chi connectivity index (χ3v) is 3.97. The van der Waals surface area contributed by atoms with Crippen molar-refractivity contribution in [1.29, 1.82) is 0 Å². The van der Waals surface area contributed by atoms with Crippen molar-refractivity contribution < 1.29 is 9.66 Å². The molecule has 0 spiro atoms. The van der Waals surface area contributed by atoms with Gasteiger partial charge in [0.25, 0.3) is 5.69 Å². The molecule has 0 aromatic heterocycles. The molecule has 2 aromatic carbocycles. The lowest BCUT2D eigenvalue weighted by molar-refractivity contribution is -0.385. The normalized spacial score (nSPS) is 10.1. The van der Waals surface area contributed by atoms with Gasteiger partial charge in [0, 0.05) is 17.4 Å². The number of thiocarbonyl (C=S) groups is 1. The highest BCUT2D eigenvalue weighted by atomic mass is 32.2. The molecule has 6 heteroatoms. The number of benzene rings is 2. The van der Waals surface area contributed by atoms with Crippen molar-refractivity contribution in [3.63, 3.8) is 0 Å². The maximum atomic E-state index is 10.9. The topological polar surface area (TPSA) is 52.4 Å². The number of hydrogen-bond acceptors (Lipinski definition) is 5. The zero-order chi connectivity index (χ0) is 15.2. The molecule has 0 aliphatic heterocycles. The number of nitro groups is 1. The van der Waals surface area contributed by atoms with E-state index in [9.17, 15) is 10.1 Å². The molecular weight excluding hydrogens is 306 g/mol. The highest BCUT2D eigenvalue weighted by molar-refractivity contribution is 8.22. The Morgan fingerprint density at radius 2 is 1.90 bits per heavy atom. The molecule has 0 N–H and O–H groups in total. The summed E-state index contributed by atoms with van der Waals surface area (Å²) in [5, 5.41) is 10.9. The number of thioether (sulfide) groups is 1. The van der Waals surface area contributed by atoms with Gasteiger partial charge in [-0.1, -0.05) is 47.7 Å². The first-order valence-electron chi connectivity index (χ1n) is 6.20. The van der Waals surface area contributed by atoms with Gasteiger partial charge in [-0.3, -0.25) is 10.1 Å². The Bertz CT molecular complexity index is 656. The molecule has 0 aliphatic carbocycles. The quantitative estimate of drug-likeness (QED) is 0.472. The summed E-state index contributed by atoms with van der Waals surface area (Å²) in [6, 6.07) is 14.2. The third kappa shape index (κ3) is 4.54. The molecule has 0 bridgehead atoms. The van der Waals surface area contributed by atoms with Crippen LogP contribution in [-0.4, -0.2) is 9.31 Å². The van der Waals surface area contributed by atoms with Gasteiger partial charge >= 0.3 is 0 Å². The number of ether oxygens (including phenoxy) is 1. The molecule has 0 fully saturated rings. The van der Waals surface area contributed by atoms with Crippen LogP contribution in [0.2, 0.25) is 0 Å². The second-order valence-electron chi connectivity index (χ2n) is 4.34. The van der Waals surface area contributed by atoms with Gasteiger partial charge in [0.05, 0.1) is 4.92 Å². The highest BCUT2D eigenvalue weighted by Crippen LogP contribution is 2.24. The fourth-order valence-electron chi connectivity index (χ4n) is 1.68. The van der Waals surface area contributed by atoms with Gasteiger partial charge < -0.3 is 4.74 Å². The fraction of sp³-hybridized carbons (Fsp3) is 0.133. The van der Waals surface area contributed by atoms with Crippen LogP contribution in [0, 0.1) is 17.0 Å². The van der Waals surface area contributed by atoms with Crippen molar-refractivity contribution >= 4 is 34.0 Å². The first kappa shape index (κ1) is 15.5. The Balaban J connectivity index is 1.95. The molecule has 0 unspecified atom stereocenters. The van der Waals surface area contributed by atoms with E-state index in [1.807, 2.05) is 31.2 Å². The number of para-hydroxylation sites is 1. The van der Waals surface area contributed by atoms with E-state index in [-0.39, 0.29) is 10.6 Å². The molecule has 21 heavy (non-hydrogen) atoms. The van der Waals surface area contributed by atoms with Gasteiger partial charge in [-0.2, -0.15) is 0 Å². The van der Waals surface area contributed by atoms with Crippen LogP contribution in [0.1, 0.15) is 11.1 Å². The molecule has 0 saturated carbocycles. The minimum atomic E-state index is -0.389. The highest BCUT2D eigenvalue weighted by Gasteiger charge is 2.13. The molecule has 0 heterocycles. The predicted molar refractivity (Wildman–Crippen MR) is 88.8 cm³/mol. The summed E-state index contributed by atoms with van der Waals surface area (Å²) in [5.74, 6) is 1.07. The smallest absolute Gasteiger partial charge is 0.273 e. The van der Waals surface area contributed by atoms with E-state index in [2.05, 4.69) is 0 Å². The maximum absolute atomic E-state index is 10.9. The van der Waals surface area contributed by atoms with Crippen LogP contribution in [0.15, 0.2) is 48.5 Å². The summed E-state index contributed by atoms with van der Waals surface area (Å²) in [5.41, 5.74) is 1.87. The van der Waals surface area contributed by atoms with E-state index in [1.54, 1.807) is 18.2 Å². The first-order chi connectivity index (χ1) is 10.1. The van der Waals surface area contributed by atoms with E-state index in [4.69, 9.17) is 17.0 Å². The summed E-state index contributed by atoms with van der Waals surface area (Å²) < 4.78 is 5.86. The van der Waals surface area contributed by atoms with Crippen molar-refractivity contribution in [2.75, 3.05) is 0 Å². The minimum absolute atomic E-state index is 0.100. The summed E-state index contributed by atoms with van der Waals surface area (Å²) >= 11 is 6.41. The van der Waals surface area contributed by atoms with Crippen molar-refractivity contribution in [2.45, 2.75) is 12.7 Å². The molecule has 0 amide bonds. The third-order valence-electron chi connectivity index (χ3n) is 2.76. The summed E-state index contributed by atoms with van der Waals surface area (Å²) in [7, 11) is 0. The molecule has 108 valence electrons. The fourth-order valence-corrected chi connectivity index (χ4v) is 2.63. The predicted octanol–water partition coefficient (Wildman–Crippen LogP) is 4.50. The zero-order valence-electron chi connectivity index (χ0n) is 11.3. The second kappa shape index (κ2) is 7.19. The van der Waals surface area contributed by atoms with Crippen LogP contribution >= 0.6 is 24.0 Å². The monoisotopic (exact) mass is 319 g/mol. The van der Waals surface area contributed by atoms with Crippen molar-refractivity contribution in [1.82, 2.24) is 0 Å². The Labute approximate surface area is 132 Å². The number of hydrogen-bond donors (Lipinski definition) is 0. The molecule has 0 saturated heterocycles. The lowest BCUT2D eigenvalue weighted by Gasteiger charge is -2.07. The van der Waals surface area contributed by atoms with Gasteiger partial charge in [0.1, 0.15) is 5.75 Å². The Morgan fingerprint density at radius 1 is 1.24 bits per heavy atom. The van der Waals surface area contributed by atoms with E-state index in [0.717, 1.165) is 5.56 Å². The van der Waals surface area contributed by atoms with Crippen LogP contribution in [0.25, 0.3) is 0 Å². The van der Waals surface area contributed by atoms with Crippen LogP contribution in [0.3, 0.4) is 0 Å². The summed E-state index contributed by atoms with van der Waals surface area (Å²) in [4.78, 5) is 10.5. The Kier molecular flexibility index (Phi) is 5.30. The van der Waals surface area contributed by atoms with Crippen molar-refractivity contribution in [3.05, 3.63) is 69.8 Å².